The van der Waals surface area contributed by atoms with Crippen LogP contribution < -0.4 is 5.73 Å². The van der Waals surface area contributed by atoms with Crippen molar-refractivity contribution in [3.8, 4) is 0 Å². The largest absolute Gasteiger partial charge is 0.327 e. The van der Waals surface area contributed by atoms with Gasteiger partial charge in [0, 0.05) is 11.6 Å². The molecule has 0 spiro atoms. The third kappa shape index (κ3) is 1.85. The van der Waals surface area contributed by atoms with E-state index in [0.29, 0.717) is 11.6 Å². The van der Waals surface area contributed by atoms with E-state index in [1.54, 1.807) is 0 Å². The lowest BCUT2D eigenvalue weighted by molar-refractivity contribution is 0.655. The first-order chi connectivity index (χ1) is 7.26. The van der Waals surface area contributed by atoms with Crippen LogP contribution in [0.25, 0.3) is 11.0 Å². The number of benzene rings is 1. The van der Waals surface area contributed by atoms with E-state index in [2.05, 4.69) is 16.5 Å². The lowest BCUT2D eigenvalue weighted by atomic mass is 10.3. The smallest absolute Gasteiger partial charge is 0.123 e. The van der Waals surface area contributed by atoms with Crippen LogP contribution in [0.2, 0.25) is 5.02 Å². The average molecular weight is 224 g/mol. The van der Waals surface area contributed by atoms with Crippen LogP contribution in [0.15, 0.2) is 18.2 Å². The third-order valence-electron chi connectivity index (χ3n) is 2.42. The van der Waals surface area contributed by atoms with E-state index in [1.807, 2.05) is 18.2 Å². The number of halogens is 1. The van der Waals surface area contributed by atoms with Gasteiger partial charge in [0.25, 0.3) is 0 Å². The molecule has 3 nitrogen and oxygen atoms in total. The molecule has 1 aromatic carbocycles. The molecule has 0 unspecified atom stereocenters. The fourth-order valence-electron chi connectivity index (χ4n) is 1.78. The number of fused-ring (bicyclic) bond motifs is 1. The molecule has 2 N–H and O–H groups in total. The van der Waals surface area contributed by atoms with Gasteiger partial charge < -0.3 is 10.3 Å². The van der Waals surface area contributed by atoms with Crippen LogP contribution >= 0.6 is 11.6 Å². The van der Waals surface area contributed by atoms with Crippen LogP contribution in [0.4, 0.5) is 0 Å². The SMILES string of the molecule is CCCn1c(CN)nc2cc(Cl)ccc21. The summed E-state index contributed by atoms with van der Waals surface area (Å²) >= 11 is 5.92. The Morgan fingerprint density at radius 1 is 1.47 bits per heavy atom. The van der Waals surface area contributed by atoms with Crippen molar-refractivity contribution in [2.24, 2.45) is 5.73 Å². The Morgan fingerprint density at radius 3 is 2.93 bits per heavy atom. The Kier molecular flexibility index (Phi) is 2.93. The van der Waals surface area contributed by atoms with Crippen molar-refractivity contribution in [3.05, 3.63) is 29.0 Å². The Labute approximate surface area is 93.9 Å². The molecule has 0 atom stereocenters. The van der Waals surface area contributed by atoms with Gasteiger partial charge in [-0.15, -0.1) is 0 Å². The number of hydrogen-bond donors (Lipinski definition) is 1. The van der Waals surface area contributed by atoms with Crippen LogP contribution in [0, 0.1) is 0 Å². The summed E-state index contributed by atoms with van der Waals surface area (Å²) in [6.45, 7) is 3.55. The Hall–Kier alpha value is -1.06. The summed E-state index contributed by atoms with van der Waals surface area (Å²) in [7, 11) is 0. The van der Waals surface area contributed by atoms with Gasteiger partial charge in [0.1, 0.15) is 5.82 Å². The van der Waals surface area contributed by atoms with Crippen LogP contribution in [0.1, 0.15) is 19.2 Å². The van der Waals surface area contributed by atoms with E-state index >= 15 is 0 Å². The van der Waals surface area contributed by atoms with Crippen LogP contribution in [-0.2, 0) is 13.1 Å². The minimum atomic E-state index is 0.465. The number of nitrogens with two attached hydrogens (primary N) is 1. The van der Waals surface area contributed by atoms with Gasteiger partial charge in [-0.25, -0.2) is 4.98 Å². The highest BCUT2D eigenvalue weighted by Gasteiger charge is 2.08. The molecule has 2 aromatic rings. The molecule has 1 aromatic heterocycles. The van der Waals surface area contributed by atoms with Crippen molar-refractivity contribution >= 4 is 22.6 Å². The first kappa shape index (κ1) is 10.5. The Balaban J connectivity index is 2.63. The van der Waals surface area contributed by atoms with Crippen molar-refractivity contribution in [2.45, 2.75) is 26.4 Å². The van der Waals surface area contributed by atoms with Gasteiger partial charge in [-0.1, -0.05) is 18.5 Å². The molecule has 2 rings (SSSR count). The molecule has 15 heavy (non-hydrogen) atoms. The summed E-state index contributed by atoms with van der Waals surface area (Å²) in [5.41, 5.74) is 7.71. The minimum absolute atomic E-state index is 0.465. The number of rotatable bonds is 3. The van der Waals surface area contributed by atoms with Gasteiger partial charge in [-0.05, 0) is 24.6 Å². The number of imidazole rings is 1. The molecule has 4 heteroatoms. The first-order valence-corrected chi connectivity index (χ1v) is 5.48. The lowest BCUT2D eigenvalue weighted by Gasteiger charge is -2.05. The van der Waals surface area contributed by atoms with Gasteiger partial charge in [0.2, 0.25) is 0 Å². The molecule has 1 heterocycles. The zero-order valence-electron chi connectivity index (χ0n) is 8.70. The predicted molar refractivity (Wildman–Crippen MR) is 62.9 cm³/mol. The first-order valence-electron chi connectivity index (χ1n) is 5.11. The standard InChI is InChI=1S/C11H14ClN3/c1-2-5-15-10-4-3-8(12)6-9(10)14-11(15)7-13/h3-4,6H,2,5,7,13H2,1H3. The fraction of sp³-hybridized carbons (Fsp3) is 0.364. The normalized spacial score (nSPS) is 11.1. The van der Waals surface area contributed by atoms with E-state index in [-0.39, 0.29) is 0 Å². The summed E-state index contributed by atoms with van der Waals surface area (Å²) in [6.07, 6.45) is 1.07. The second-order valence-corrected chi connectivity index (χ2v) is 3.95. The van der Waals surface area contributed by atoms with Crippen molar-refractivity contribution in [1.29, 1.82) is 0 Å². The minimum Gasteiger partial charge on any atom is -0.327 e. The number of nitrogens with zero attached hydrogens (tertiary/aromatic N) is 2. The van der Waals surface area contributed by atoms with Crippen molar-refractivity contribution in [1.82, 2.24) is 9.55 Å². The highest BCUT2D eigenvalue weighted by atomic mass is 35.5. The zero-order valence-corrected chi connectivity index (χ0v) is 9.46. The van der Waals surface area contributed by atoms with E-state index in [0.717, 1.165) is 29.8 Å². The summed E-state index contributed by atoms with van der Waals surface area (Å²) in [4.78, 5) is 4.46. The van der Waals surface area contributed by atoms with Crippen molar-refractivity contribution < 1.29 is 0 Å². The number of aromatic nitrogens is 2. The van der Waals surface area contributed by atoms with E-state index in [9.17, 15) is 0 Å². The van der Waals surface area contributed by atoms with Crippen molar-refractivity contribution in [3.63, 3.8) is 0 Å². The van der Waals surface area contributed by atoms with Crippen LogP contribution in [0.3, 0.4) is 0 Å². The molecular formula is C11H14ClN3. The van der Waals surface area contributed by atoms with Gasteiger partial charge in [0.05, 0.1) is 17.6 Å². The summed E-state index contributed by atoms with van der Waals surface area (Å²) < 4.78 is 2.16. The highest BCUT2D eigenvalue weighted by Crippen LogP contribution is 2.20. The molecule has 0 bridgehead atoms. The molecular weight excluding hydrogens is 210 g/mol. The highest BCUT2D eigenvalue weighted by molar-refractivity contribution is 6.31. The quantitative estimate of drug-likeness (QED) is 0.869. The number of aryl methyl sites for hydroxylation is 1. The monoisotopic (exact) mass is 223 g/mol. The second kappa shape index (κ2) is 4.21. The Bertz CT molecular complexity index is 476. The predicted octanol–water partition coefficient (Wildman–Crippen LogP) is 2.56. The summed E-state index contributed by atoms with van der Waals surface area (Å²) in [5, 5.41) is 0.715. The van der Waals surface area contributed by atoms with Crippen molar-refractivity contribution in [2.75, 3.05) is 0 Å². The fourth-order valence-corrected chi connectivity index (χ4v) is 1.95. The van der Waals surface area contributed by atoms with E-state index < -0.39 is 0 Å². The van der Waals surface area contributed by atoms with Gasteiger partial charge in [-0.2, -0.15) is 0 Å². The van der Waals surface area contributed by atoms with Gasteiger partial charge in [-0.3, -0.25) is 0 Å². The Morgan fingerprint density at radius 2 is 2.27 bits per heavy atom. The second-order valence-electron chi connectivity index (χ2n) is 3.52. The summed E-state index contributed by atoms with van der Waals surface area (Å²) in [5.74, 6) is 0.925. The van der Waals surface area contributed by atoms with E-state index in [4.69, 9.17) is 17.3 Å². The van der Waals surface area contributed by atoms with Gasteiger partial charge >= 0.3 is 0 Å². The number of hydrogen-bond acceptors (Lipinski definition) is 2. The van der Waals surface area contributed by atoms with Crippen LogP contribution in [0.5, 0.6) is 0 Å². The molecule has 0 amide bonds. The summed E-state index contributed by atoms with van der Waals surface area (Å²) in [6, 6.07) is 5.76. The molecule has 0 aliphatic heterocycles. The zero-order chi connectivity index (χ0) is 10.8. The molecule has 0 fully saturated rings. The molecule has 0 aliphatic rings. The average Bonchev–Trinajstić information content (AvgIpc) is 2.56. The lowest BCUT2D eigenvalue weighted by Crippen LogP contribution is -2.08. The molecule has 0 saturated carbocycles. The molecule has 0 saturated heterocycles. The topological polar surface area (TPSA) is 43.8 Å². The van der Waals surface area contributed by atoms with E-state index in [1.165, 1.54) is 0 Å². The third-order valence-corrected chi connectivity index (χ3v) is 2.65. The maximum atomic E-state index is 5.92. The molecule has 80 valence electrons. The van der Waals surface area contributed by atoms with Gasteiger partial charge in [0.15, 0.2) is 0 Å². The molecule has 0 radical (unpaired) electrons. The van der Waals surface area contributed by atoms with Crippen LogP contribution in [-0.4, -0.2) is 9.55 Å². The maximum Gasteiger partial charge on any atom is 0.123 e. The molecule has 0 aliphatic carbocycles. The maximum absolute atomic E-state index is 5.92.